The maximum atomic E-state index is 6.39. The molecule has 1 heterocycles. The van der Waals surface area contributed by atoms with E-state index in [-0.39, 0.29) is 11.6 Å². The summed E-state index contributed by atoms with van der Waals surface area (Å²) in [5.41, 5.74) is 8.13. The van der Waals surface area contributed by atoms with E-state index in [1.165, 1.54) is 5.56 Å². The predicted molar refractivity (Wildman–Crippen MR) is 78.2 cm³/mol. The van der Waals surface area contributed by atoms with Crippen molar-refractivity contribution in [3.05, 3.63) is 35.6 Å². The van der Waals surface area contributed by atoms with Crippen molar-refractivity contribution in [2.75, 3.05) is 7.11 Å². The van der Waals surface area contributed by atoms with Crippen LogP contribution in [0.1, 0.15) is 44.1 Å². The minimum absolute atomic E-state index is 0.250. The Balaban J connectivity index is 2.43. The molecule has 0 radical (unpaired) electrons. The second kappa shape index (κ2) is 5.35. The van der Waals surface area contributed by atoms with Gasteiger partial charge in [0, 0.05) is 12.5 Å². The number of rotatable bonds is 5. The first-order chi connectivity index (χ1) is 9.06. The summed E-state index contributed by atoms with van der Waals surface area (Å²) >= 11 is 0. The van der Waals surface area contributed by atoms with Crippen LogP contribution < -0.4 is 5.73 Å². The Hall–Kier alpha value is -1.32. The van der Waals surface area contributed by atoms with Crippen molar-refractivity contribution in [1.82, 2.24) is 0 Å². The maximum Gasteiger partial charge on any atom is 0.134 e. The second-order valence-electron chi connectivity index (χ2n) is 5.14. The minimum Gasteiger partial charge on any atom is -0.459 e. The SMILES string of the molecule is CCC(CC)(OC)C(N)c1cc2cc(C)ccc2o1. The zero-order chi connectivity index (χ0) is 14.0. The van der Waals surface area contributed by atoms with Crippen LogP contribution in [0.2, 0.25) is 0 Å². The summed E-state index contributed by atoms with van der Waals surface area (Å²) in [5.74, 6) is 0.797. The van der Waals surface area contributed by atoms with E-state index in [0.29, 0.717) is 0 Å². The summed E-state index contributed by atoms with van der Waals surface area (Å²) in [6.07, 6.45) is 1.72. The molecule has 0 aliphatic heterocycles. The number of aryl methyl sites for hydroxylation is 1. The van der Waals surface area contributed by atoms with Gasteiger partial charge in [-0.3, -0.25) is 0 Å². The largest absolute Gasteiger partial charge is 0.459 e. The van der Waals surface area contributed by atoms with E-state index < -0.39 is 0 Å². The lowest BCUT2D eigenvalue weighted by Crippen LogP contribution is -2.41. The van der Waals surface area contributed by atoms with Crippen LogP contribution in [0, 0.1) is 6.92 Å². The molecule has 0 bridgehead atoms. The lowest BCUT2D eigenvalue weighted by Gasteiger charge is -2.34. The highest BCUT2D eigenvalue weighted by molar-refractivity contribution is 5.78. The molecule has 2 rings (SSSR count). The van der Waals surface area contributed by atoms with E-state index >= 15 is 0 Å². The third-order valence-corrected chi connectivity index (χ3v) is 4.17. The Bertz CT molecular complexity index is 547. The number of hydrogen-bond acceptors (Lipinski definition) is 3. The number of furan rings is 1. The molecule has 1 atom stereocenters. The lowest BCUT2D eigenvalue weighted by atomic mass is 9.87. The minimum atomic E-state index is -0.358. The van der Waals surface area contributed by atoms with Crippen molar-refractivity contribution < 1.29 is 9.15 Å². The van der Waals surface area contributed by atoms with E-state index in [9.17, 15) is 0 Å². The zero-order valence-electron chi connectivity index (χ0n) is 12.2. The molecule has 3 nitrogen and oxygen atoms in total. The van der Waals surface area contributed by atoms with Crippen LogP contribution in [0.25, 0.3) is 11.0 Å². The fourth-order valence-corrected chi connectivity index (χ4v) is 2.70. The van der Waals surface area contributed by atoms with Crippen LogP contribution in [-0.2, 0) is 4.74 Å². The van der Waals surface area contributed by atoms with Gasteiger partial charge in [0.2, 0.25) is 0 Å². The molecular formula is C16H23NO2. The molecule has 1 unspecified atom stereocenters. The van der Waals surface area contributed by atoms with Gasteiger partial charge in [-0.2, -0.15) is 0 Å². The molecule has 0 fully saturated rings. The zero-order valence-corrected chi connectivity index (χ0v) is 12.2. The second-order valence-corrected chi connectivity index (χ2v) is 5.14. The van der Waals surface area contributed by atoms with E-state index in [2.05, 4.69) is 26.8 Å². The number of methoxy groups -OCH3 is 1. The van der Waals surface area contributed by atoms with Crippen LogP contribution >= 0.6 is 0 Å². The highest BCUT2D eigenvalue weighted by Crippen LogP contribution is 2.35. The fourth-order valence-electron chi connectivity index (χ4n) is 2.70. The van der Waals surface area contributed by atoms with Crippen molar-refractivity contribution in [2.45, 2.75) is 45.3 Å². The van der Waals surface area contributed by atoms with Crippen LogP contribution in [0.15, 0.2) is 28.7 Å². The van der Waals surface area contributed by atoms with E-state index in [1.807, 2.05) is 18.2 Å². The molecule has 0 saturated carbocycles. The van der Waals surface area contributed by atoms with Gasteiger partial charge in [-0.1, -0.05) is 25.5 Å². The summed E-state index contributed by atoms with van der Waals surface area (Å²) in [6, 6.07) is 7.94. The van der Waals surface area contributed by atoms with Crippen molar-refractivity contribution in [3.8, 4) is 0 Å². The van der Waals surface area contributed by atoms with Crippen LogP contribution in [0.5, 0.6) is 0 Å². The van der Waals surface area contributed by atoms with E-state index in [1.54, 1.807) is 7.11 Å². The first-order valence-corrected chi connectivity index (χ1v) is 6.87. The quantitative estimate of drug-likeness (QED) is 0.886. The number of hydrogen-bond donors (Lipinski definition) is 1. The first kappa shape index (κ1) is 14.1. The molecular weight excluding hydrogens is 238 g/mol. The molecule has 1 aromatic carbocycles. The maximum absolute atomic E-state index is 6.39. The number of fused-ring (bicyclic) bond motifs is 1. The number of ether oxygens (including phenoxy) is 1. The molecule has 0 aliphatic carbocycles. The van der Waals surface area contributed by atoms with Crippen LogP contribution in [0.4, 0.5) is 0 Å². The average Bonchev–Trinajstić information content (AvgIpc) is 2.84. The topological polar surface area (TPSA) is 48.4 Å². The average molecular weight is 261 g/mol. The van der Waals surface area contributed by atoms with Gasteiger partial charge < -0.3 is 14.9 Å². The summed E-state index contributed by atoms with van der Waals surface area (Å²) in [6.45, 7) is 6.27. The van der Waals surface area contributed by atoms with Gasteiger partial charge in [0.1, 0.15) is 11.3 Å². The summed E-state index contributed by atoms with van der Waals surface area (Å²) in [7, 11) is 1.72. The van der Waals surface area contributed by atoms with Crippen LogP contribution in [0.3, 0.4) is 0 Å². The van der Waals surface area contributed by atoms with Crippen molar-refractivity contribution in [2.24, 2.45) is 5.73 Å². The third kappa shape index (κ3) is 2.40. The van der Waals surface area contributed by atoms with Gasteiger partial charge in [-0.15, -0.1) is 0 Å². The van der Waals surface area contributed by atoms with E-state index in [4.69, 9.17) is 14.9 Å². The van der Waals surface area contributed by atoms with Crippen LogP contribution in [-0.4, -0.2) is 12.7 Å². The monoisotopic (exact) mass is 261 g/mol. The molecule has 104 valence electrons. The van der Waals surface area contributed by atoms with Gasteiger partial charge >= 0.3 is 0 Å². The Kier molecular flexibility index (Phi) is 3.97. The molecule has 0 aliphatic rings. The summed E-state index contributed by atoms with van der Waals surface area (Å²) in [4.78, 5) is 0. The lowest BCUT2D eigenvalue weighted by molar-refractivity contribution is -0.0428. The van der Waals surface area contributed by atoms with Gasteiger partial charge in [0.15, 0.2) is 0 Å². The molecule has 2 N–H and O–H groups in total. The third-order valence-electron chi connectivity index (χ3n) is 4.17. The molecule has 0 amide bonds. The highest BCUT2D eigenvalue weighted by Gasteiger charge is 2.36. The Morgan fingerprint density at radius 2 is 1.95 bits per heavy atom. The van der Waals surface area contributed by atoms with Gasteiger partial charge in [0.05, 0.1) is 11.6 Å². The molecule has 0 spiro atoms. The Labute approximate surface area is 114 Å². The normalized spacial score (nSPS) is 13.9. The Morgan fingerprint density at radius 1 is 1.26 bits per heavy atom. The molecule has 1 aromatic heterocycles. The predicted octanol–water partition coefficient (Wildman–Crippen LogP) is 3.95. The van der Waals surface area contributed by atoms with Gasteiger partial charge in [0.25, 0.3) is 0 Å². The Morgan fingerprint density at radius 3 is 2.53 bits per heavy atom. The molecule has 2 aromatic rings. The smallest absolute Gasteiger partial charge is 0.134 e. The molecule has 19 heavy (non-hydrogen) atoms. The summed E-state index contributed by atoms with van der Waals surface area (Å²) < 4.78 is 11.6. The first-order valence-electron chi connectivity index (χ1n) is 6.87. The van der Waals surface area contributed by atoms with E-state index in [0.717, 1.165) is 29.6 Å². The molecule has 3 heteroatoms. The fraction of sp³-hybridized carbons (Fsp3) is 0.500. The van der Waals surface area contributed by atoms with Gasteiger partial charge in [-0.25, -0.2) is 0 Å². The molecule has 0 saturated heterocycles. The van der Waals surface area contributed by atoms with Gasteiger partial charge in [-0.05, 0) is 38.0 Å². The number of nitrogens with two attached hydrogens (primary N) is 1. The number of benzene rings is 1. The van der Waals surface area contributed by atoms with Crippen molar-refractivity contribution in [3.63, 3.8) is 0 Å². The van der Waals surface area contributed by atoms with Crippen molar-refractivity contribution in [1.29, 1.82) is 0 Å². The standard InChI is InChI=1S/C16H23NO2/c1-5-16(6-2,18-4)15(17)14-10-12-9-11(3)7-8-13(12)19-14/h7-10,15H,5-6,17H2,1-4H3. The van der Waals surface area contributed by atoms with Crippen molar-refractivity contribution >= 4 is 11.0 Å². The highest BCUT2D eigenvalue weighted by atomic mass is 16.5. The summed E-state index contributed by atoms with van der Waals surface area (Å²) in [5, 5.41) is 1.10.